The van der Waals surface area contributed by atoms with Crippen molar-refractivity contribution in [3.8, 4) is 0 Å². The van der Waals surface area contributed by atoms with E-state index < -0.39 is 0 Å². The molecule has 0 saturated carbocycles. The van der Waals surface area contributed by atoms with Crippen molar-refractivity contribution in [1.82, 2.24) is 10.6 Å². The summed E-state index contributed by atoms with van der Waals surface area (Å²) in [6, 6.07) is 5.98. The summed E-state index contributed by atoms with van der Waals surface area (Å²) in [6.07, 6.45) is 1.88. The summed E-state index contributed by atoms with van der Waals surface area (Å²) >= 11 is 11.8. The molecule has 1 amide bonds. The van der Waals surface area contributed by atoms with Crippen LogP contribution in [0.25, 0.3) is 0 Å². The van der Waals surface area contributed by atoms with E-state index in [1.54, 1.807) is 18.2 Å². The number of halogens is 2. The molecule has 1 aromatic carbocycles. The molecular weight excluding hydrogens is 283 g/mol. The van der Waals surface area contributed by atoms with Gasteiger partial charge in [0.15, 0.2) is 0 Å². The lowest BCUT2D eigenvalue weighted by atomic mass is 9.95. The Morgan fingerprint density at radius 3 is 2.42 bits per heavy atom. The third-order valence-corrected chi connectivity index (χ3v) is 4.10. The summed E-state index contributed by atoms with van der Waals surface area (Å²) in [6.45, 7) is 4.27. The molecule has 0 aliphatic carbocycles. The zero-order chi connectivity index (χ0) is 14.0. The molecule has 3 nitrogen and oxygen atoms in total. The summed E-state index contributed by atoms with van der Waals surface area (Å²) in [5.41, 5.74) is 0.549. The normalized spacial score (nSPS) is 27.1. The van der Waals surface area contributed by atoms with Gasteiger partial charge in [-0.3, -0.25) is 4.79 Å². The Labute approximate surface area is 123 Å². The molecule has 0 spiro atoms. The molecule has 0 radical (unpaired) electrons. The number of benzene rings is 1. The van der Waals surface area contributed by atoms with Crippen molar-refractivity contribution in [2.75, 3.05) is 0 Å². The van der Waals surface area contributed by atoms with Crippen LogP contribution in [0.4, 0.5) is 0 Å². The molecule has 104 valence electrons. The highest BCUT2D eigenvalue weighted by Gasteiger charge is 2.24. The van der Waals surface area contributed by atoms with E-state index in [0.717, 1.165) is 12.8 Å². The van der Waals surface area contributed by atoms with Gasteiger partial charge in [0, 0.05) is 23.7 Å². The molecular formula is C14H18Cl2N2O. The Morgan fingerprint density at radius 1 is 1.21 bits per heavy atom. The predicted octanol–water partition coefficient (Wildman–Crippen LogP) is 3.25. The maximum atomic E-state index is 12.2. The van der Waals surface area contributed by atoms with E-state index in [0.29, 0.717) is 27.7 Å². The Balaban J connectivity index is 2.02. The second kappa shape index (κ2) is 6.12. The van der Waals surface area contributed by atoms with Gasteiger partial charge in [-0.15, -0.1) is 0 Å². The van der Waals surface area contributed by atoms with Crippen LogP contribution in [0, 0.1) is 0 Å². The quantitative estimate of drug-likeness (QED) is 0.880. The topological polar surface area (TPSA) is 41.1 Å². The first-order chi connectivity index (χ1) is 8.95. The summed E-state index contributed by atoms with van der Waals surface area (Å²) in [4.78, 5) is 12.2. The van der Waals surface area contributed by atoms with Gasteiger partial charge in [-0.1, -0.05) is 23.2 Å². The van der Waals surface area contributed by atoms with E-state index in [9.17, 15) is 4.79 Å². The van der Waals surface area contributed by atoms with E-state index in [1.807, 2.05) is 0 Å². The first-order valence-electron chi connectivity index (χ1n) is 6.47. The number of hydrogen-bond donors (Lipinski definition) is 2. The van der Waals surface area contributed by atoms with Crippen LogP contribution in [0.3, 0.4) is 0 Å². The lowest BCUT2D eigenvalue weighted by Gasteiger charge is -2.33. The van der Waals surface area contributed by atoms with Gasteiger partial charge < -0.3 is 10.6 Å². The first kappa shape index (κ1) is 14.6. The van der Waals surface area contributed by atoms with Gasteiger partial charge in [-0.05, 0) is 44.9 Å². The lowest BCUT2D eigenvalue weighted by molar-refractivity contribution is 0.0920. The minimum absolute atomic E-state index is 0.0927. The van der Waals surface area contributed by atoms with Crippen molar-refractivity contribution in [3.63, 3.8) is 0 Å². The highest BCUT2D eigenvalue weighted by molar-refractivity contribution is 6.42. The summed E-state index contributed by atoms with van der Waals surface area (Å²) < 4.78 is 0. The molecule has 0 aromatic heterocycles. The molecule has 1 aliphatic rings. The Kier molecular flexibility index (Phi) is 4.71. The molecule has 2 unspecified atom stereocenters. The third kappa shape index (κ3) is 3.85. The Morgan fingerprint density at radius 2 is 1.84 bits per heavy atom. The van der Waals surface area contributed by atoms with Crippen LogP contribution in [0.1, 0.15) is 37.0 Å². The Bertz CT molecular complexity index is 469. The van der Waals surface area contributed by atoms with Crippen molar-refractivity contribution >= 4 is 29.1 Å². The molecule has 0 bridgehead atoms. The second-order valence-corrected chi connectivity index (χ2v) is 6.05. The maximum Gasteiger partial charge on any atom is 0.251 e. The Hall–Kier alpha value is -0.770. The molecule has 1 aliphatic heterocycles. The van der Waals surface area contributed by atoms with Crippen molar-refractivity contribution < 1.29 is 4.79 Å². The molecule has 19 heavy (non-hydrogen) atoms. The highest BCUT2D eigenvalue weighted by Crippen LogP contribution is 2.23. The number of amides is 1. The third-order valence-electron chi connectivity index (χ3n) is 3.36. The molecule has 1 heterocycles. The number of carbonyl (C=O) groups is 1. The van der Waals surface area contributed by atoms with Crippen LogP contribution in [-0.2, 0) is 0 Å². The van der Waals surface area contributed by atoms with Crippen molar-refractivity contribution in [1.29, 1.82) is 0 Å². The van der Waals surface area contributed by atoms with Gasteiger partial charge in [0.2, 0.25) is 0 Å². The minimum Gasteiger partial charge on any atom is -0.349 e. The number of nitrogens with one attached hydrogen (secondary N) is 2. The largest absolute Gasteiger partial charge is 0.349 e. The van der Waals surface area contributed by atoms with E-state index in [1.165, 1.54) is 0 Å². The van der Waals surface area contributed by atoms with Crippen molar-refractivity contribution in [2.45, 2.75) is 44.8 Å². The molecule has 1 saturated heterocycles. The average Bonchev–Trinajstić information content (AvgIpc) is 2.31. The van der Waals surface area contributed by atoms with Crippen LogP contribution in [0.5, 0.6) is 0 Å². The molecule has 2 N–H and O–H groups in total. The first-order valence-corrected chi connectivity index (χ1v) is 7.23. The fraction of sp³-hybridized carbons (Fsp3) is 0.500. The van der Waals surface area contributed by atoms with Gasteiger partial charge in [-0.2, -0.15) is 0 Å². The molecule has 5 heteroatoms. The van der Waals surface area contributed by atoms with Gasteiger partial charge in [0.25, 0.3) is 5.91 Å². The average molecular weight is 301 g/mol. The van der Waals surface area contributed by atoms with Gasteiger partial charge >= 0.3 is 0 Å². The van der Waals surface area contributed by atoms with Crippen LogP contribution < -0.4 is 10.6 Å². The fourth-order valence-electron chi connectivity index (χ4n) is 2.60. The van der Waals surface area contributed by atoms with Crippen LogP contribution in [0.15, 0.2) is 18.2 Å². The number of rotatable bonds is 2. The van der Waals surface area contributed by atoms with Crippen LogP contribution >= 0.6 is 23.2 Å². The smallest absolute Gasteiger partial charge is 0.251 e. The molecule has 2 rings (SSSR count). The summed E-state index contributed by atoms with van der Waals surface area (Å²) in [5, 5.41) is 7.38. The zero-order valence-electron chi connectivity index (χ0n) is 11.0. The van der Waals surface area contributed by atoms with E-state index >= 15 is 0 Å². The van der Waals surface area contributed by atoms with Crippen molar-refractivity contribution in [3.05, 3.63) is 33.8 Å². The number of hydrogen-bond acceptors (Lipinski definition) is 2. The summed E-state index contributed by atoms with van der Waals surface area (Å²) in [5.74, 6) is -0.0927. The maximum absolute atomic E-state index is 12.2. The van der Waals surface area contributed by atoms with E-state index in [2.05, 4.69) is 24.5 Å². The molecule has 1 aromatic rings. The van der Waals surface area contributed by atoms with Crippen LogP contribution in [-0.4, -0.2) is 24.0 Å². The predicted molar refractivity (Wildman–Crippen MR) is 79.0 cm³/mol. The van der Waals surface area contributed by atoms with Gasteiger partial charge in [0.1, 0.15) is 0 Å². The van der Waals surface area contributed by atoms with Gasteiger partial charge in [-0.25, -0.2) is 0 Å². The lowest BCUT2D eigenvalue weighted by Crippen LogP contribution is -2.50. The fourth-order valence-corrected chi connectivity index (χ4v) is 2.89. The minimum atomic E-state index is -0.0927. The summed E-state index contributed by atoms with van der Waals surface area (Å²) in [7, 11) is 0. The SMILES string of the molecule is CC1CC(NC(=O)c2ccc(Cl)c(Cl)c2)CC(C)N1. The van der Waals surface area contributed by atoms with Crippen LogP contribution in [0.2, 0.25) is 10.0 Å². The van der Waals surface area contributed by atoms with Crippen molar-refractivity contribution in [2.24, 2.45) is 0 Å². The molecule has 1 fully saturated rings. The number of piperidine rings is 1. The standard InChI is InChI=1S/C14H18Cl2N2O/c1-8-5-11(6-9(2)17-8)18-14(19)10-3-4-12(15)13(16)7-10/h3-4,7-9,11,17H,5-6H2,1-2H3,(H,18,19). The highest BCUT2D eigenvalue weighted by atomic mass is 35.5. The monoisotopic (exact) mass is 300 g/mol. The van der Waals surface area contributed by atoms with E-state index in [4.69, 9.17) is 23.2 Å². The van der Waals surface area contributed by atoms with Gasteiger partial charge in [0.05, 0.1) is 10.0 Å². The molecule has 2 atom stereocenters. The van der Waals surface area contributed by atoms with E-state index in [-0.39, 0.29) is 11.9 Å². The number of carbonyl (C=O) groups excluding carboxylic acids is 1. The second-order valence-electron chi connectivity index (χ2n) is 5.24. The zero-order valence-corrected chi connectivity index (χ0v) is 12.6.